The molecular formula is C26H20F4N2O3. The Hall–Kier alpha value is -4.32. The van der Waals surface area contributed by atoms with E-state index < -0.39 is 17.6 Å². The number of nitrogens with one attached hydrogen (secondary N) is 1. The summed E-state index contributed by atoms with van der Waals surface area (Å²) in [4.78, 5) is 12.5. The van der Waals surface area contributed by atoms with Crippen LogP contribution in [0.15, 0.2) is 72.3 Å². The second-order valence-corrected chi connectivity index (χ2v) is 7.26. The third-order valence-electron chi connectivity index (χ3n) is 4.67. The Bertz CT molecular complexity index is 1280. The molecule has 0 bridgehead atoms. The number of halogens is 4. The van der Waals surface area contributed by atoms with Gasteiger partial charge in [-0.05, 0) is 66.6 Å². The van der Waals surface area contributed by atoms with Gasteiger partial charge < -0.3 is 14.8 Å². The molecule has 5 nitrogen and oxygen atoms in total. The first-order valence-corrected chi connectivity index (χ1v) is 10.4. The average molecular weight is 484 g/mol. The van der Waals surface area contributed by atoms with E-state index in [1.807, 2.05) is 0 Å². The zero-order valence-electron chi connectivity index (χ0n) is 18.5. The van der Waals surface area contributed by atoms with Gasteiger partial charge in [0.1, 0.15) is 24.1 Å². The van der Waals surface area contributed by atoms with Gasteiger partial charge in [-0.2, -0.15) is 18.4 Å². The van der Waals surface area contributed by atoms with Gasteiger partial charge in [-0.3, -0.25) is 4.79 Å². The second kappa shape index (κ2) is 11.2. The molecule has 0 aliphatic carbocycles. The zero-order chi connectivity index (χ0) is 25.4. The van der Waals surface area contributed by atoms with Gasteiger partial charge in [0.15, 0.2) is 11.5 Å². The Morgan fingerprint density at radius 1 is 1.03 bits per heavy atom. The highest BCUT2D eigenvalue weighted by atomic mass is 19.4. The molecule has 0 atom stereocenters. The van der Waals surface area contributed by atoms with Crippen LogP contribution < -0.4 is 14.8 Å². The zero-order valence-corrected chi connectivity index (χ0v) is 18.5. The molecular weight excluding hydrogens is 464 g/mol. The molecule has 0 saturated heterocycles. The lowest BCUT2D eigenvalue weighted by atomic mass is 10.1. The number of nitrogens with zero attached hydrogens (tertiary/aromatic N) is 1. The molecule has 0 heterocycles. The molecule has 0 aliphatic heterocycles. The number of alkyl halides is 3. The topological polar surface area (TPSA) is 71.3 Å². The quantitative estimate of drug-likeness (QED) is 0.229. The summed E-state index contributed by atoms with van der Waals surface area (Å²) < 4.78 is 63.4. The van der Waals surface area contributed by atoms with Crippen molar-refractivity contribution < 1.29 is 31.8 Å². The van der Waals surface area contributed by atoms with Crippen LogP contribution in [0.2, 0.25) is 0 Å². The first-order chi connectivity index (χ1) is 16.7. The standard InChI is InChI=1S/C26H20F4N2O3/c1-2-34-24-13-17(9-10-23(24)35-16-18-5-3-7-21(27)12-18)11-19(15-31)25(33)32-22-8-4-6-20(14-22)26(28,29)30/h3-14H,2,16H2,1H3,(H,32,33)/b19-11+. The Labute approximate surface area is 199 Å². The van der Waals surface area contributed by atoms with Crippen LogP contribution >= 0.6 is 0 Å². The van der Waals surface area contributed by atoms with Crippen molar-refractivity contribution in [3.05, 3.63) is 94.8 Å². The SMILES string of the molecule is CCOc1cc(/C=C(\C#N)C(=O)Nc2cccc(C(F)(F)F)c2)ccc1OCc1cccc(F)c1. The minimum Gasteiger partial charge on any atom is -0.490 e. The molecule has 1 N–H and O–H groups in total. The van der Waals surface area contributed by atoms with Gasteiger partial charge in [0.25, 0.3) is 5.91 Å². The Morgan fingerprint density at radius 3 is 2.49 bits per heavy atom. The maximum Gasteiger partial charge on any atom is 0.416 e. The van der Waals surface area contributed by atoms with Gasteiger partial charge in [-0.15, -0.1) is 0 Å². The lowest BCUT2D eigenvalue weighted by molar-refractivity contribution is -0.137. The monoisotopic (exact) mass is 484 g/mol. The third-order valence-corrected chi connectivity index (χ3v) is 4.67. The van der Waals surface area contributed by atoms with Crippen molar-refractivity contribution in [3.8, 4) is 17.6 Å². The molecule has 3 rings (SSSR count). The summed E-state index contributed by atoms with van der Waals surface area (Å²) in [6, 6.07) is 16.5. The summed E-state index contributed by atoms with van der Waals surface area (Å²) in [5.41, 5.74) is -0.287. The van der Waals surface area contributed by atoms with Gasteiger partial charge in [0.2, 0.25) is 0 Å². The lowest BCUT2D eigenvalue weighted by Gasteiger charge is -2.13. The van der Waals surface area contributed by atoms with Crippen LogP contribution in [0.1, 0.15) is 23.6 Å². The van der Waals surface area contributed by atoms with Crippen LogP contribution in [0.25, 0.3) is 6.08 Å². The summed E-state index contributed by atoms with van der Waals surface area (Å²) in [5, 5.41) is 11.7. The molecule has 1 amide bonds. The largest absolute Gasteiger partial charge is 0.490 e. The van der Waals surface area contributed by atoms with Crippen LogP contribution in [0, 0.1) is 17.1 Å². The fourth-order valence-corrected chi connectivity index (χ4v) is 3.08. The summed E-state index contributed by atoms with van der Waals surface area (Å²) in [6.07, 6.45) is -3.29. The number of ether oxygens (including phenoxy) is 2. The number of anilines is 1. The van der Waals surface area contributed by atoms with Gasteiger partial charge in [-0.25, -0.2) is 4.39 Å². The van der Waals surface area contributed by atoms with E-state index in [1.165, 1.54) is 24.3 Å². The van der Waals surface area contributed by atoms with E-state index in [0.717, 1.165) is 18.2 Å². The summed E-state index contributed by atoms with van der Waals surface area (Å²) >= 11 is 0. The number of benzene rings is 3. The number of hydrogen-bond acceptors (Lipinski definition) is 4. The molecule has 3 aromatic rings. The fraction of sp³-hybridized carbons (Fsp3) is 0.154. The van der Waals surface area contributed by atoms with E-state index in [0.29, 0.717) is 29.2 Å². The van der Waals surface area contributed by atoms with E-state index in [9.17, 15) is 27.6 Å². The summed E-state index contributed by atoms with van der Waals surface area (Å²) in [6.45, 7) is 2.17. The van der Waals surface area contributed by atoms with E-state index in [2.05, 4.69) is 5.32 Å². The first kappa shape index (κ1) is 25.3. The molecule has 180 valence electrons. The van der Waals surface area contributed by atoms with Gasteiger partial charge >= 0.3 is 6.18 Å². The van der Waals surface area contributed by atoms with Crippen LogP contribution in [-0.2, 0) is 17.6 Å². The van der Waals surface area contributed by atoms with Crippen LogP contribution in [0.3, 0.4) is 0 Å². The molecule has 35 heavy (non-hydrogen) atoms. The van der Waals surface area contributed by atoms with Crippen LogP contribution in [-0.4, -0.2) is 12.5 Å². The highest BCUT2D eigenvalue weighted by Crippen LogP contribution is 2.32. The Kier molecular flexibility index (Phi) is 8.10. The van der Waals surface area contributed by atoms with Gasteiger partial charge in [0.05, 0.1) is 12.2 Å². The molecule has 9 heteroatoms. The van der Waals surface area contributed by atoms with Crippen LogP contribution in [0.4, 0.5) is 23.2 Å². The normalized spacial score (nSPS) is 11.5. The molecule has 3 aromatic carbocycles. The highest BCUT2D eigenvalue weighted by molar-refractivity contribution is 6.09. The van der Waals surface area contributed by atoms with Crippen molar-refractivity contribution in [2.75, 3.05) is 11.9 Å². The minimum absolute atomic E-state index is 0.0931. The lowest BCUT2D eigenvalue weighted by Crippen LogP contribution is -2.14. The average Bonchev–Trinajstić information content (AvgIpc) is 2.82. The van der Waals surface area contributed by atoms with Gasteiger partial charge in [-0.1, -0.05) is 24.3 Å². The van der Waals surface area contributed by atoms with Crippen molar-refractivity contribution in [2.45, 2.75) is 19.7 Å². The smallest absolute Gasteiger partial charge is 0.416 e. The van der Waals surface area contributed by atoms with E-state index in [-0.39, 0.29) is 23.7 Å². The number of hydrogen-bond donors (Lipinski definition) is 1. The fourth-order valence-electron chi connectivity index (χ4n) is 3.08. The van der Waals surface area contributed by atoms with E-state index >= 15 is 0 Å². The maximum absolute atomic E-state index is 13.4. The summed E-state index contributed by atoms with van der Waals surface area (Å²) in [7, 11) is 0. The molecule has 0 aliphatic rings. The number of carbonyl (C=O) groups excluding carboxylic acids is 1. The van der Waals surface area contributed by atoms with Crippen molar-refractivity contribution in [3.63, 3.8) is 0 Å². The van der Waals surface area contributed by atoms with E-state index in [4.69, 9.17) is 9.47 Å². The van der Waals surface area contributed by atoms with E-state index in [1.54, 1.807) is 43.3 Å². The second-order valence-electron chi connectivity index (χ2n) is 7.26. The van der Waals surface area contributed by atoms with Crippen molar-refractivity contribution in [2.24, 2.45) is 0 Å². The number of carbonyl (C=O) groups is 1. The van der Waals surface area contributed by atoms with Crippen molar-refractivity contribution >= 4 is 17.7 Å². The predicted octanol–water partition coefficient (Wildman–Crippen LogP) is 6.37. The molecule has 0 fully saturated rings. The molecule has 0 radical (unpaired) electrons. The molecule has 0 spiro atoms. The minimum atomic E-state index is -4.57. The Balaban J connectivity index is 1.79. The van der Waals surface area contributed by atoms with Gasteiger partial charge in [0, 0.05) is 5.69 Å². The summed E-state index contributed by atoms with van der Waals surface area (Å²) in [5.74, 6) is -0.534. The third kappa shape index (κ3) is 7.08. The Morgan fingerprint density at radius 2 is 1.80 bits per heavy atom. The number of rotatable bonds is 8. The van der Waals surface area contributed by atoms with Crippen LogP contribution in [0.5, 0.6) is 11.5 Å². The number of amides is 1. The van der Waals surface area contributed by atoms with Crippen molar-refractivity contribution in [1.29, 1.82) is 5.26 Å². The number of nitriles is 1. The maximum atomic E-state index is 13.4. The molecule has 0 unspecified atom stereocenters. The molecule has 0 saturated carbocycles. The molecule has 0 aromatic heterocycles. The first-order valence-electron chi connectivity index (χ1n) is 10.4. The predicted molar refractivity (Wildman–Crippen MR) is 122 cm³/mol. The van der Waals surface area contributed by atoms with Crippen molar-refractivity contribution in [1.82, 2.24) is 0 Å². The highest BCUT2D eigenvalue weighted by Gasteiger charge is 2.30.